The molecule has 2 aliphatic rings. The van der Waals surface area contributed by atoms with Gasteiger partial charge in [-0.05, 0) is 45.1 Å². The summed E-state index contributed by atoms with van der Waals surface area (Å²) < 4.78 is 0. The SMILES string of the molecule is CC(C)C1CCSC(=NCC2CCN(C(C)C)C2)N1. The first-order valence-corrected chi connectivity index (χ1v) is 8.72. The van der Waals surface area contributed by atoms with Gasteiger partial charge in [0, 0.05) is 30.9 Å². The van der Waals surface area contributed by atoms with E-state index in [0.29, 0.717) is 18.0 Å². The molecule has 1 N–H and O–H groups in total. The molecule has 0 aliphatic carbocycles. The van der Waals surface area contributed by atoms with Gasteiger partial charge in [0.1, 0.15) is 0 Å². The molecule has 2 saturated heterocycles. The highest BCUT2D eigenvalue weighted by molar-refractivity contribution is 8.13. The van der Waals surface area contributed by atoms with Gasteiger partial charge in [-0.3, -0.25) is 4.99 Å². The normalized spacial score (nSPS) is 31.4. The minimum atomic E-state index is 0.621. The molecule has 4 heteroatoms. The Morgan fingerprint density at radius 3 is 2.74 bits per heavy atom. The van der Waals surface area contributed by atoms with E-state index in [2.05, 4.69) is 37.9 Å². The van der Waals surface area contributed by atoms with Crippen LogP contribution in [0.1, 0.15) is 40.5 Å². The van der Waals surface area contributed by atoms with Crippen LogP contribution in [0.4, 0.5) is 0 Å². The maximum atomic E-state index is 4.83. The molecule has 2 fully saturated rings. The van der Waals surface area contributed by atoms with Gasteiger partial charge in [0.25, 0.3) is 0 Å². The Morgan fingerprint density at radius 1 is 1.32 bits per heavy atom. The fourth-order valence-electron chi connectivity index (χ4n) is 2.84. The third-order valence-corrected chi connectivity index (χ3v) is 5.28. The smallest absolute Gasteiger partial charge is 0.156 e. The maximum absolute atomic E-state index is 4.83. The second-order valence-corrected chi connectivity index (χ2v) is 7.60. The van der Waals surface area contributed by atoms with Gasteiger partial charge in [-0.15, -0.1) is 0 Å². The molecule has 2 rings (SSSR count). The first kappa shape index (κ1) is 15.2. The third-order valence-electron chi connectivity index (χ3n) is 4.32. The van der Waals surface area contributed by atoms with Crippen LogP contribution in [-0.4, -0.2) is 47.5 Å². The standard InChI is InChI=1S/C15H29N3S/c1-11(2)14-6-8-19-15(17-14)16-9-13-5-7-18(10-13)12(3)4/h11-14H,5-10H2,1-4H3,(H,16,17). The second kappa shape index (κ2) is 6.98. The maximum Gasteiger partial charge on any atom is 0.156 e. The van der Waals surface area contributed by atoms with Gasteiger partial charge in [0.15, 0.2) is 5.17 Å². The molecule has 2 aliphatic heterocycles. The van der Waals surface area contributed by atoms with Crippen LogP contribution in [0, 0.1) is 11.8 Å². The summed E-state index contributed by atoms with van der Waals surface area (Å²) in [4.78, 5) is 7.41. The van der Waals surface area contributed by atoms with Gasteiger partial charge in [-0.1, -0.05) is 25.6 Å². The van der Waals surface area contributed by atoms with Crippen LogP contribution in [0.2, 0.25) is 0 Å². The minimum absolute atomic E-state index is 0.621. The summed E-state index contributed by atoms with van der Waals surface area (Å²) >= 11 is 1.90. The van der Waals surface area contributed by atoms with Crippen molar-refractivity contribution >= 4 is 16.9 Å². The van der Waals surface area contributed by atoms with Crippen LogP contribution in [0.25, 0.3) is 0 Å². The van der Waals surface area contributed by atoms with Gasteiger partial charge in [0.2, 0.25) is 0 Å². The Bertz CT molecular complexity index is 315. The number of hydrogen-bond donors (Lipinski definition) is 1. The molecule has 0 spiro atoms. The predicted molar refractivity (Wildman–Crippen MR) is 86.0 cm³/mol. The number of hydrogen-bond acceptors (Lipinski definition) is 3. The van der Waals surface area contributed by atoms with Crippen molar-refractivity contribution < 1.29 is 0 Å². The van der Waals surface area contributed by atoms with Gasteiger partial charge >= 0.3 is 0 Å². The Kier molecular flexibility index (Phi) is 5.58. The van der Waals surface area contributed by atoms with Gasteiger partial charge in [0.05, 0.1) is 0 Å². The molecule has 2 unspecified atom stereocenters. The Morgan fingerprint density at radius 2 is 2.11 bits per heavy atom. The molecule has 0 aromatic carbocycles. The number of thioether (sulfide) groups is 1. The van der Waals surface area contributed by atoms with E-state index < -0.39 is 0 Å². The molecule has 19 heavy (non-hydrogen) atoms. The van der Waals surface area contributed by atoms with Crippen molar-refractivity contribution in [3.8, 4) is 0 Å². The molecule has 0 radical (unpaired) electrons. The molecular weight excluding hydrogens is 254 g/mol. The molecule has 0 amide bonds. The van der Waals surface area contributed by atoms with Gasteiger partial charge < -0.3 is 10.2 Å². The lowest BCUT2D eigenvalue weighted by Crippen LogP contribution is -2.41. The summed E-state index contributed by atoms with van der Waals surface area (Å²) in [6, 6.07) is 1.31. The highest BCUT2D eigenvalue weighted by Gasteiger charge is 2.25. The molecule has 0 aromatic heterocycles. The first-order valence-electron chi connectivity index (χ1n) is 7.74. The van der Waals surface area contributed by atoms with Crippen molar-refractivity contribution in [1.82, 2.24) is 10.2 Å². The summed E-state index contributed by atoms with van der Waals surface area (Å²) in [7, 11) is 0. The topological polar surface area (TPSA) is 27.6 Å². The highest BCUT2D eigenvalue weighted by Crippen LogP contribution is 2.21. The third kappa shape index (κ3) is 4.38. The number of likely N-dealkylation sites (tertiary alicyclic amines) is 1. The van der Waals surface area contributed by atoms with Crippen molar-refractivity contribution in [3.05, 3.63) is 0 Å². The zero-order valence-electron chi connectivity index (χ0n) is 12.9. The second-order valence-electron chi connectivity index (χ2n) is 6.52. The molecule has 3 nitrogen and oxygen atoms in total. The zero-order chi connectivity index (χ0) is 13.8. The number of nitrogens with one attached hydrogen (secondary N) is 1. The van der Waals surface area contributed by atoms with Crippen molar-refractivity contribution in [2.24, 2.45) is 16.8 Å². The number of aliphatic imine (C=N–C) groups is 1. The molecule has 0 bridgehead atoms. The Hall–Kier alpha value is -0.220. The molecular formula is C15H29N3S. The first-order chi connectivity index (χ1) is 9.06. The van der Waals surface area contributed by atoms with E-state index in [1.54, 1.807) is 0 Å². The molecule has 2 atom stereocenters. The van der Waals surface area contributed by atoms with E-state index in [1.165, 1.54) is 36.9 Å². The molecule has 0 aromatic rings. The lowest BCUT2D eigenvalue weighted by molar-refractivity contribution is 0.266. The van der Waals surface area contributed by atoms with E-state index in [1.807, 2.05) is 11.8 Å². The largest absolute Gasteiger partial charge is 0.362 e. The lowest BCUT2D eigenvalue weighted by atomic mass is 10.0. The van der Waals surface area contributed by atoms with E-state index in [4.69, 9.17) is 4.99 Å². The van der Waals surface area contributed by atoms with Crippen molar-refractivity contribution in [1.29, 1.82) is 0 Å². The van der Waals surface area contributed by atoms with Crippen LogP contribution in [0.5, 0.6) is 0 Å². The number of rotatable bonds is 4. The zero-order valence-corrected chi connectivity index (χ0v) is 13.7. The van der Waals surface area contributed by atoms with Crippen LogP contribution < -0.4 is 5.32 Å². The van der Waals surface area contributed by atoms with Crippen molar-refractivity contribution in [2.75, 3.05) is 25.4 Å². The van der Waals surface area contributed by atoms with E-state index >= 15 is 0 Å². The Balaban J connectivity index is 1.79. The fourth-order valence-corrected chi connectivity index (χ4v) is 3.80. The summed E-state index contributed by atoms with van der Waals surface area (Å²) in [6.45, 7) is 12.7. The van der Waals surface area contributed by atoms with Crippen molar-refractivity contribution in [2.45, 2.75) is 52.6 Å². The minimum Gasteiger partial charge on any atom is -0.362 e. The summed E-state index contributed by atoms with van der Waals surface area (Å²) in [6.07, 6.45) is 2.58. The van der Waals surface area contributed by atoms with Crippen LogP contribution in [0.3, 0.4) is 0 Å². The van der Waals surface area contributed by atoms with E-state index in [9.17, 15) is 0 Å². The summed E-state index contributed by atoms with van der Waals surface area (Å²) in [5.74, 6) is 2.68. The quantitative estimate of drug-likeness (QED) is 0.860. The molecule has 0 saturated carbocycles. The van der Waals surface area contributed by atoms with Crippen molar-refractivity contribution in [3.63, 3.8) is 0 Å². The summed E-state index contributed by atoms with van der Waals surface area (Å²) in [5, 5.41) is 4.80. The number of amidine groups is 1. The van der Waals surface area contributed by atoms with E-state index in [0.717, 1.165) is 12.5 Å². The number of nitrogens with zero attached hydrogens (tertiary/aromatic N) is 2. The predicted octanol–water partition coefficient (Wildman–Crippen LogP) is 2.82. The fraction of sp³-hybridized carbons (Fsp3) is 0.933. The monoisotopic (exact) mass is 283 g/mol. The average Bonchev–Trinajstić information content (AvgIpc) is 2.85. The Labute approximate surface area is 122 Å². The molecule has 2 heterocycles. The van der Waals surface area contributed by atoms with Gasteiger partial charge in [-0.25, -0.2) is 0 Å². The van der Waals surface area contributed by atoms with E-state index in [-0.39, 0.29) is 0 Å². The molecule has 110 valence electrons. The van der Waals surface area contributed by atoms with Gasteiger partial charge in [-0.2, -0.15) is 0 Å². The summed E-state index contributed by atoms with van der Waals surface area (Å²) in [5.41, 5.74) is 0. The van der Waals surface area contributed by atoms with Crippen LogP contribution in [-0.2, 0) is 0 Å². The van der Waals surface area contributed by atoms with Crippen LogP contribution in [0.15, 0.2) is 4.99 Å². The lowest BCUT2D eigenvalue weighted by Gasteiger charge is -2.28. The average molecular weight is 283 g/mol. The highest BCUT2D eigenvalue weighted by atomic mass is 32.2. The van der Waals surface area contributed by atoms with Crippen LogP contribution >= 0.6 is 11.8 Å².